The Morgan fingerprint density at radius 3 is 3.17 bits per heavy atom. The molecular formula is C8H11ClN2O. The van der Waals surface area contributed by atoms with Gasteiger partial charge in [0.05, 0.1) is 19.4 Å². The summed E-state index contributed by atoms with van der Waals surface area (Å²) in [6.07, 6.45) is 6.04. The molecule has 0 aromatic carbocycles. The molecule has 1 heterocycles. The van der Waals surface area contributed by atoms with E-state index in [0.29, 0.717) is 12.4 Å². The maximum Gasteiger partial charge on any atom is 0.230 e. The molecule has 1 saturated carbocycles. The van der Waals surface area contributed by atoms with Crippen LogP contribution in [0.4, 0.5) is 0 Å². The number of nitrogens with zero attached hydrogens (tertiary/aromatic N) is 2. The van der Waals surface area contributed by atoms with E-state index in [0.717, 1.165) is 12.5 Å². The molecule has 66 valence electrons. The third kappa shape index (κ3) is 2.14. The number of rotatable bonds is 3. The van der Waals surface area contributed by atoms with Crippen LogP contribution in [0.2, 0.25) is 0 Å². The second kappa shape index (κ2) is 3.35. The molecule has 0 spiro atoms. The molecule has 0 unspecified atom stereocenters. The highest BCUT2D eigenvalue weighted by Crippen LogP contribution is 2.29. The van der Waals surface area contributed by atoms with Gasteiger partial charge in [0.15, 0.2) is 0 Å². The molecule has 0 atom stereocenters. The number of hydrogen-bond donors (Lipinski definition) is 0. The van der Waals surface area contributed by atoms with E-state index in [9.17, 15) is 0 Å². The Bertz CT molecular complexity index is 223. The van der Waals surface area contributed by atoms with Crippen molar-refractivity contribution in [3.63, 3.8) is 0 Å². The molecule has 0 aromatic rings. The summed E-state index contributed by atoms with van der Waals surface area (Å²) in [5.74, 6) is 1.38. The average molecular weight is 187 g/mol. The molecule has 2 aliphatic rings. The molecule has 0 radical (unpaired) electrons. The molecule has 1 fully saturated rings. The van der Waals surface area contributed by atoms with Gasteiger partial charge in [-0.05, 0) is 18.8 Å². The fraction of sp³-hybridized carbons (Fsp3) is 0.625. The van der Waals surface area contributed by atoms with Crippen molar-refractivity contribution in [2.45, 2.75) is 12.8 Å². The normalized spacial score (nSPS) is 22.4. The van der Waals surface area contributed by atoms with Crippen molar-refractivity contribution in [1.82, 2.24) is 4.42 Å². The van der Waals surface area contributed by atoms with Crippen LogP contribution in [0.1, 0.15) is 12.8 Å². The molecule has 1 aliphatic heterocycles. The number of hydrogen-bond acceptors (Lipinski definition) is 3. The molecule has 12 heavy (non-hydrogen) atoms. The van der Waals surface area contributed by atoms with E-state index in [1.165, 1.54) is 17.3 Å². The van der Waals surface area contributed by atoms with Crippen LogP contribution in [0.5, 0.6) is 0 Å². The van der Waals surface area contributed by atoms with E-state index in [1.54, 1.807) is 12.4 Å². The van der Waals surface area contributed by atoms with E-state index >= 15 is 0 Å². The van der Waals surface area contributed by atoms with Gasteiger partial charge >= 0.3 is 0 Å². The lowest BCUT2D eigenvalue weighted by Crippen LogP contribution is -2.13. The standard InChI is InChI=1S/C8H11ClN2O/c9-11-4-3-10-8(5-11)12-6-7-1-2-7/h3,5,7H,1-2,4,6H2. The summed E-state index contributed by atoms with van der Waals surface area (Å²) < 4.78 is 6.95. The predicted octanol–water partition coefficient (Wildman–Crippen LogP) is 1.75. The zero-order valence-electron chi connectivity index (χ0n) is 6.74. The van der Waals surface area contributed by atoms with Crippen molar-refractivity contribution in [1.29, 1.82) is 0 Å². The SMILES string of the molecule is ClN1C=C(OCC2CC2)N=CC1. The minimum absolute atomic E-state index is 0.628. The molecule has 0 N–H and O–H groups in total. The lowest BCUT2D eigenvalue weighted by Gasteiger charge is -2.14. The quantitative estimate of drug-likeness (QED) is 0.628. The van der Waals surface area contributed by atoms with Gasteiger partial charge in [-0.3, -0.25) is 4.42 Å². The minimum atomic E-state index is 0.628. The van der Waals surface area contributed by atoms with E-state index in [2.05, 4.69) is 4.99 Å². The van der Waals surface area contributed by atoms with Gasteiger partial charge in [-0.2, -0.15) is 0 Å². The summed E-state index contributed by atoms with van der Waals surface area (Å²) in [6.45, 7) is 1.44. The first-order valence-corrected chi connectivity index (χ1v) is 4.48. The molecule has 2 rings (SSSR count). The molecule has 0 aromatic heterocycles. The Balaban J connectivity index is 1.80. The second-order valence-electron chi connectivity index (χ2n) is 3.12. The van der Waals surface area contributed by atoms with Crippen molar-refractivity contribution < 1.29 is 4.74 Å². The largest absolute Gasteiger partial charge is 0.476 e. The maximum atomic E-state index is 5.73. The molecule has 3 nitrogen and oxygen atoms in total. The van der Waals surface area contributed by atoms with Crippen LogP contribution in [0.3, 0.4) is 0 Å². The number of ether oxygens (including phenoxy) is 1. The summed E-state index contributed by atoms with van der Waals surface area (Å²) in [4.78, 5) is 4.07. The summed E-state index contributed by atoms with van der Waals surface area (Å²) in [5, 5.41) is 0. The van der Waals surface area contributed by atoms with Crippen molar-refractivity contribution in [2.75, 3.05) is 13.2 Å². The maximum absolute atomic E-state index is 5.73. The lowest BCUT2D eigenvalue weighted by atomic mass is 10.5. The number of halogens is 1. The average Bonchev–Trinajstić information content (AvgIpc) is 2.84. The fourth-order valence-corrected chi connectivity index (χ4v) is 1.12. The summed E-state index contributed by atoms with van der Waals surface area (Å²) >= 11 is 5.73. The van der Waals surface area contributed by atoms with Crippen LogP contribution in [0, 0.1) is 5.92 Å². The van der Waals surface area contributed by atoms with Crippen molar-refractivity contribution in [3.8, 4) is 0 Å². The third-order valence-electron chi connectivity index (χ3n) is 1.89. The summed E-state index contributed by atoms with van der Waals surface area (Å²) in [7, 11) is 0. The Hall–Kier alpha value is -0.700. The monoisotopic (exact) mass is 186 g/mol. The summed E-state index contributed by atoms with van der Waals surface area (Å²) in [6, 6.07) is 0. The Morgan fingerprint density at radius 1 is 1.67 bits per heavy atom. The minimum Gasteiger partial charge on any atom is -0.476 e. The zero-order chi connectivity index (χ0) is 8.39. The highest BCUT2D eigenvalue weighted by Gasteiger charge is 2.22. The Kier molecular flexibility index (Phi) is 2.21. The lowest BCUT2D eigenvalue weighted by molar-refractivity contribution is 0.192. The number of aliphatic imine (C=N–C) groups is 1. The van der Waals surface area contributed by atoms with Gasteiger partial charge in [0, 0.05) is 18.0 Å². The van der Waals surface area contributed by atoms with Gasteiger partial charge in [-0.15, -0.1) is 0 Å². The highest BCUT2D eigenvalue weighted by molar-refractivity contribution is 6.14. The van der Waals surface area contributed by atoms with Gasteiger partial charge in [0.1, 0.15) is 0 Å². The smallest absolute Gasteiger partial charge is 0.230 e. The van der Waals surface area contributed by atoms with E-state index in [4.69, 9.17) is 16.5 Å². The zero-order valence-corrected chi connectivity index (χ0v) is 7.50. The van der Waals surface area contributed by atoms with Crippen LogP contribution >= 0.6 is 11.8 Å². The topological polar surface area (TPSA) is 24.8 Å². The fourth-order valence-electron chi connectivity index (χ4n) is 0.977. The van der Waals surface area contributed by atoms with Crippen LogP contribution in [-0.2, 0) is 4.74 Å². The van der Waals surface area contributed by atoms with Gasteiger partial charge in [-0.25, -0.2) is 4.99 Å². The van der Waals surface area contributed by atoms with E-state index in [1.807, 2.05) is 0 Å². The molecule has 4 heteroatoms. The van der Waals surface area contributed by atoms with Crippen LogP contribution in [-0.4, -0.2) is 23.8 Å². The van der Waals surface area contributed by atoms with Crippen molar-refractivity contribution >= 4 is 18.0 Å². The second-order valence-corrected chi connectivity index (χ2v) is 3.55. The third-order valence-corrected chi connectivity index (χ3v) is 2.12. The van der Waals surface area contributed by atoms with Crippen molar-refractivity contribution in [3.05, 3.63) is 12.1 Å². The van der Waals surface area contributed by atoms with Gasteiger partial charge < -0.3 is 4.74 Å². The van der Waals surface area contributed by atoms with Crippen LogP contribution < -0.4 is 0 Å². The summed E-state index contributed by atoms with van der Waals surface area (Å²) in [5.41, 5.74) is 0. The van der Waals surface area contributed by atoms with Crippen molar-refractivity contribution in [2.24, 2.45) is 10.9 Å². The van der Waals surface area contributed by atoms with Crippen LogP contribution in [0.25, 0.3) is 0 Å². The molecule has 0 saturated heterocycles. The van der Waals surface area contributed by atoms with E-state index in [-0.39, 0.29) is 0 Å². The molecule has 0 amide bonds. The van der Waals surface area contributed by atoms with Crippen LogP contribution in [0.15, 0.2) is 17.1 Å². The van der Waals surface area contributed by atoms with Gasteiger partial charge in [0.25, 0.3) is 0 Å². The Morgan fingerprint density at radius 2 is 2.50 bits per heavy atom. The molecule has 0 bridgehead atoms. The first kappa shape index (κ1) is 7.92. The first-order chi connectivity index (χ1) is 5.84. The highest BCUT2D eigenvalue weighted by atomic mass is 35.5. The predicted molar refractivity (Wildman–Crippen MR) is 47.8 cm³/mol. The first-order valence-electron chi connectivity index (χ1n) is 4.14. The molecular weight excluding hydrogens is 176 g/mol. The van der Waals surface area contributed by atoms with Gasteiger partial charge in [-0.1, -0.05) is 0 Å². The van der Waals surface area contributed by atoms with Gasteiger partial charge in [0.2, 0.25) is 5.88 Å². The van der Waals surface area contributed by atoms with E-state index < -0.39 is 0 Å². The molecule has 1 aliphatic carbocycles. The Labute approximate surface area is 76.8 Å².